The summed E-state index contributed by atoms with van der Waals surface area (Å²) in [5.74, 6) is -0.643. The Morgan fingerprint density at radius 1 is 1.24 bits per heavy atom. The van der Waals surface area contributed by atoms with E-state index >= 15 is 0 Å². The number of carbonyl (C=O) groups is 3. The van der Waals surface area contributed by atoms with Crippen LogP contribution in [0.5, 0.6) is 0 Å². The number of thioether (sulfide) groups is 1. The predicted molar refractivity (Wildman–Crippen MR) is 66.6 cm³/mol. The highest BCUT2D eigenvalue weighted by Gasteiger charge is 2.53. The van der Waals surface area contributed by atoms with Gasteiger partial charge in [0.05, 0.1) is 0 Å². The summed E-state index contributed by atoms with van der Waals surface area (Å²) in [6.07, 6.45) is 3.51. The van der Waals surface area contributed by atoms with Gasteiger partial charge in [0.15, 0.2) is 0 Å². The molecule has 0 aromatic carbocycles. The van der Waals surface area contributed by atoms with Gasteiger partial charge in [-0.2, -0.15) is 11.8 Å². The average Bonchev–Trinajstić information content (AvgIpc) is 2.23. The van der Waals surface area contributed by atoms with Gasteiger partial charge in [-0.3, -0.25) is 20.2 Å². The van der Waals surface area contributed by atoms with Crippen LogP contribution in [-0.2, 0) is 9.59 Å². The number of rotatable bonds is 5. The van der Waals surface area contributed by atoms with Crippen molar-refractivity contribution < 1.29 is 14.4 Å². The van der Waals surface area contributed by atoms with Crippen molar-refractivity contribution in [3.63, 3.8) is 0 Å². The maximum absolute atomic E-state index is 12.0. The van der Waals surface area contributed by atoms with Crippen molar-refractivity contribution in [2.75, 3.05) is 12.0 Å². The van der Waals surface area contributed by atoms with E-state index in [2.05, 4.69) is 10.6 Å². The molecule has 1 aliphatic rings. The molecule has 2 N–H and O–H groups in total. The van der Waals surface area contributed by atoms with Gasteiger partial charge in [-0.05, 0) is 18.6 Å². The Hall–Kier alpha value is -1.04. The van der Waals surface area contributed by atoms with Gasteiger partial charge in [0.1, 0.15) is 5.41 Å². The zero-order chi connectivity index (χ0) is 13.1. The third-order valence-corrected chi connectivity index (χ3v) is 3.94. The molecule has 4 amide bonds. The highest BCUT2D eigenvalue weighted by molar-refractivity contribution is 7.98. The van der Waals surface area contributed by atoms with E-state index < -0.39 is 23.3 Å². The Morgan fingerprint density at radius 3 is 2.18 bits per heavy atom. The maximum Gasteiger partial charge on any atom is 0.328 e. The van der Waals surface area contributed by atoms with Crippen molar-refractivity contribution in [1.29, 1.82) is 0 Å². The molecule has 1 saturated heterocycles. The van der Waals surface area contributed by atoms with Crippen LogP contribution in [0.3, 0.4) is 0 Å². The van der Waals surface area contributed by atoms with Crippen LogP contribution < -0.4 is 10.6 Å². The SMILES string of the molecule is CCCC(C)C1(CSC)C(=O)NC(=O)NC1=O. The minimum atomic E-state index is -1.12. The number of imide groups is 2. The van der Waals surface area contributed by atoms with E-state index in [9.17, 15) is 14.4 Å². The smallest absolute Gasteiger partial charge is 0.277 e. The van der Waals surface area contributed by atoms with Crippen LogP contribution in [0.15, 0.2) is 0 Å². The second-order valence-electron chi connectivity index (χ2n) is 4.33. The molecule has 1 atom stereocenters. The molecule has 0 aliphatic carbocycles. The Labute approximate surface area is 105 Å². The molecule has 0 bridgehead atoms. The van der Waals surface area contributed by atoms with Crippen LogP contribution in [-0.4, -0.2) is 29.9 Å². The van der Waals surface area contributed by atoms with E-state index in [4.69, 9.17) is 0 Å². The number of amides is 4. The fourth-order valence-corrected chi connectivity index (χ4v) is 3.19. The fourth-order valence-electron chi connectivity index (χ4n) is 2.19. The quantitative estimate of drug-likeness (QED) is 0.725. The summed E-state index contributed by atoms with van der Waals surface area (Å²) in [6, 6.07) is -0.722. The molecule has 5 nitrogen and oxygen atoms in total. The Balaban J connectivity index is 3.07. The molecule has 17 heavy (non-hydrogen) atoms. The molecule has 0 aromatic rings. The van der Waals surface area contributed by atoms with Gasteiger partial charge in [-0.1, -0.05) is 20.3 Å². The minimum absolute atomic E-state index is 0.0898. The van der Waals surface area contributed by atoms with E-state index in [-0.39, 0.29) is 5.92 Å². The van der Waals surface area contributed by atoms with E-state index in [0.29, 0.717) is 5.75 Å². The largest absolute Gasteiger partial charge is 0.328 e. The van der Waals surface area contributed by atoms with E-state index in [0.717, 1.165) is 12.8 Å². The van der Waals surface area contributed by atoms with Crippen molar-refractivity contribution in [2.24, 2.45) is 11.3 Å². The Morgan fingerprint density at radius 2 is 1.76 bits per heavy atom. The summed E-state index contributed by atoms with van der Waals surface area (Å²) < 4.78 is 0. The lowest BCUT2D eigenvalue weighted by atomic mass is 9.73. The Bertz CT molecular complexity index is 324. The Kier molecular flexibility index (Phi) is 4.56. The first-order valence-corrected chi connectivity index (χ1v) is 7.04. The van der Waals surface area contributed by atoms with Crippen LogP contribution in [0.4, 0.5) is 4.79 Å². The van der Waals surface area contributed by atoms with Crippen LogP contribution in [0.25, 0.3) is 0 Å². The highest BCUT2D eigenvalue weighted by Crippen LogP contribution is 2.36. The standard InChI is InChI=1S/C11H18N2O3S/c1-4-5-7(2)11(6-17-3)8(14)12-10(16)13-9(11)15/h7H,4-6H2,1-3H3,(H2,12,13,14,15,16). The molecule has 1 heterocycles. The van der Waals surface area contributed by atoms with Crippen molar-refractivity contribution in [3.05, 3.63) is 0 Å². The van der Waals surface area contributed by atoms with Gasteiger partial charge < -0.3 is 0 Å². The average molecular weight is 258 g/mol. The lowest BCUT2D eigenvalue weighted by Crippen LogP contribution is -2.65. The van der Waals surface area contributed by atoms with E-state index in [1.807, 2.05) is 20.1 Å². The van der Waals surface area contributed by atoms with Gasteiger partial charge in [-0.25, -0.2) is 4.79 Å². The molecule has 0 spiro atoms. The zero-order valence-electron chi connectivity index (χ0n) is 10.3. The number of hydrogen-bond acceptors (Lipinski definition) is 4. The second kappa shape index (κ2) is 5.53. The van der Waals surface area contributed by atoms with Crippen LogP contribution in [0.2, 0.25) is 0 Å². The number of barbiturate groups is 1. The molecular weight excluding hydrogens is 240 g/mol. The van der Waals surface area contributed by atoms with Gasteiger partial charge in [0.2, 0.25) is 11.8 Å². The third-order valence-electron chi connectivity index (χ3n) is 3.20. The topological polar surface area (TPSA) is 75.3 Å². The lowest BCUT2D eigenvalue weighted by molar-refractivity contribution is -0.146. The summed E-state index contributed by atoms with van der Waals surface area (Å²) in [5, 5.41) is 4.40. The normalized spacial score (nSPS) is 20.8. The lowest BCUT2D eigenvalue weighted by Gasteiger charge is -2.38. The zero-order valence-corrected chi connectivity index (χ0v) is 11.1. The van der Waals surface area contributed by atoms with Crippen LogP contribution >= 0.6 is 11.8 Å². The highest BCUT2D eigenvalue weighted by atomic mass is 32.2. The molecule has 1 unspecified atom stereocenters. The second-order valence-corrected chi connectivity index (χ2v) is 5.20. The van der Waals surface area contributed by atoms with Crippen molar-refractivity contribution in [1.82, 2.24) is 10.6 Å². The molecule has 96 valence electrons. The van der Waals surface area contributed by atoms with Gasteiger partial charge in [0.25, 0.3) is 0 Å². The maximum atomic E-state index is 12.0. The molecule has 1 rings (SSSR count). The van der Waals surface area contributed by atoms with Crippen molar-refractivity contribution in [2.45, 2.75) is 26.7 Å². The van der Waals surface area contributed by atoms with Crippen molar-refractivity contribution >= 4 is 29.6 Å². The fraction of sp³-hybridized carbons (Fsp3) is 0.727. The predicted octanol–water partition coefficient (Wildman–Crippen LogP) is 1.14. The summed E-state index contributed by atoms with van der Waals surface area (Å²) >= 11 is 1.44. The third kappa shape index (κ3) is 2.46. The minimum Gasteiger partial charge on any atom is -0.277 e. The molecule has 0 radical (unpaired) electrons. The summed E-state index contributed by atoms with van der Waals surface area (Å²) in [6.45, 7) is 3.89. The molecule has 6 heteroatoms. The molecule has 1 fully saturated rings. The van der Waals surface area contributed by atoms with Gasteiger partial charge >= 0.3 is 6.03 Å². The molecule has 1 aliphatic heterocycles. The number of nitrogens with one attached hydrogen (secondary N) is 2. The van der Waals surface area contributed by atoms with Gasteiger partial charge in [0, 0.05) is 5.75 Å². The van der Waals surface area contributed by atoms with E-state index in [1.165, 1.54) is 11.8 Å². The molecule has 0 aromatic heterocycles. The summed E-state index contributed by atoms with van der Waals surface area (Å²) in [7, 11) is 0. The van der Waals surface area contributed by atoms with Crippen molar-refractivity contribution in [3.8, 4) is 0 Å². The number of hydrogen-bond donors (Lipinski definition) is 2. The summed E-state index contributed by atoms with van der Waals surface area (Å²) in [5.41, 5.74) is -1.12. The molecule has 0 saturated carbocycles. The van der Waals surface area contributed by atoms with Crippen LogP contribution in [0.1, 0.15) is 26.7 Å². The summed E-state index contributed by atoms with van der Waals surface area (Å²) in [4.78, 5) is 35.2. The molecular formula is C11H18N2O3S. The first-order chi connectivity index (χ1) is 7.98. The van der Waals surface area contributed by atoms with E-state index in [1.54, 1.807) is 0 Å². The van der Waals surface area contributed by atoms with Gasteiger partial charge in [-0.15, -0.1) is 0 Å². The number of urea groups is 1. The van der Waals surface area contributed by atoms with Crippen LogP contribution in [0, 0.1) is 11.3 Å². The monoisotopic (exact) mass is 258 g/mol. The first-order valence-electron chi connectivity index (χ1n) is 5.64. The first kappa shape index (κ1) is 14.0. The number of carbonyl (C=O) groups excluding carboxylic acids is 3.